The van der Waals surface area contributed by atoms with Crippen molar-refractivity contribution in [3.63, 3.8) is 0 Å². The zero-order valence-corrected chi connectivity index (χ0v) is 10.8. The number of hydrogen-bond donors (Lipinski definition) is 1. The summed E-state index contributed by atoms with van der Waals surface area (Å²) in [6.45, 7) is 2.80. The predicted molar refractivity (Wildman–Crippen MR) is 68.0 cm³/mol. The highest BCUT2D eigenvalue weighted by molar-refractivity contribution is 14.1. The predicted octanol–water partition coefficient (Wildman–Crippen LogP) is 2.20. The fraction of sp³-hybridized carbons (Fsp3) is 0.364. The second kappa shape index (κ2) is 6.66. The SMILES string of the molecule is CCCNC(=O)COc1ccccc1I. The van der Waals surface area contributed by atoms with E-state index in [0.29, 0.717) is 6.54 Å². The summed E-state index contributed by atoms with van der Waals surface area (Å²) in [5.41, 5.74) is 0. The minimum atomic E-state index is -0.0727. The molecule has 0 radical (unpaired) electrons. The van der Waals surface area contributed by atoms with Gasteiger partial charge in [-0.05, 0) is 41.1 Å². The molecule has 0 heterocycles. The second-order valence-corrected chi connectivity index (χ2v) is 4.23. The van der Waals surface area contributed by atoms with E-state index in [9.17, 15) is 4.79 Å². The average Bonchev–Trinajstić information content (AvgIpc) is 2.25. The van der Waals surface area contributed by atoms with Crippen molar-refractivity contribution in [2.75, 3.05) is 13.2 Å². The highest BCUT2D eigenvalue weighted by Gasteiger charge is 2.03. The first-order valence-corrected chi connectivity index (χ1v) is 5.96. The van der Waals surface area contributed by atoms with Gasteiger partial charge in [-0.2, -0.15) is 0 Å². The number of ether oxygens (including phenoxy) is 1. The highest BCUT2D eigenvalue weighted by atomic mass is 127. The van der Waals surface area contributed by atoms with Gasteiger partial charge in [0.1, 0.15) is 5.75 Å². The molecule has 0 unspecified atom stereocenters. The Morgan fingerprint density at radius 1 is 1.47 bits per heavy atom. The van der Waals surface area contributed by atoms with Gasteiger partial charge in [-0.25, -0.2) is 0 Å². The summed E-state index contributed by atoms with van der Waals surface area (Å²) < 4.78 is 6.39. The molecule has 0 fully saturated rings. The Labute approximate surface area is 103 Å². The van der Waals surface area contributed by atoms with Crippen LogP contribution in [0.2, 0.25) is 0 Å². The van der Waals surface area contributed by atoms with Crippen LogP contribution in [0.25, 0.3) is 0 Å². The first-order valence-electron chi connectivity index (χ1n) is 4.88. The minimum absolute atomic E-state index is 0.0727. The number of nitrogens with one attached hydrogen (secondary N) is 1. The molecule has 0 aromatic heterocycles. The Bertz CT molecular complexity index is 328. The summed E-state index contributed by atoms with van der Waals surface area (Å²) in [6.07, 6.45) is 0.939. The maximum absolute atomic E-state index is 11.2. The van der Waals surface area contributed by atoms with Crippen molar-refractivity contribution < 1.29 is 9.53 Å². The molecule has 0 spiro atoms. The molecule has 3 nitrogen and oxygen atoms in total. The molecule has 0 aliphatic heterocycles. The van der Waals surface area contributed by atoms with Gasteiger partial charge in [0.05, 0.1) is 3.57 Å². The topological polar surface area (TPSA) is 38.3 Å². The lowest BCUT2D eigenvalue weighted by molar-refractivity contribution is -0.123. The standard InChI is InChI=1S/C11H14INO2/c1-2-7-13-11(14)8-15-10-6-4-3-5-9(10)12/h3-6H,2,7-8H2,1H3,(H,13,14). The van der Waals surface area contributed by atoms with E-state index >= 15 is 0 Å². The van der Waals surface area contributed by atoms with Crippen LogP contribution in [0.4, 0.5) is 0 Å². The van der Waals surface area contributed by atoms with Gasteiger partial charge in [0.15, 0.2) is 6.61 Å². The molecule has 0 aliphatic carbocycles. The summed E-state index contributed by atoms with van der Waals surface area (Å²) >= 11 is 2.18. The molecule has 1 N–H and O–H groups in total. The smallest absolute Gasteiger partial charge is 0.257 e. The largest absolute Gasteiger partial charge is 0.483 e. The molecule has 0 saturated carbocycles. The van der Waals surface area contributed by atoms with Crippen molar-refractivity contribution in [2.45, 2.75) is 13.3 Å². The zero-order valence-electron chi connectivity index (χ0n) is 8.63. The first kappa shape index (κ1) is 12.3. The molecule has 15 heavy (non-hydrogen) atoms. The van der Waals surface area contributed by atoms with Crippen molar-refractivity contribution in [2.24, 2.45) is 0 Å². The van der Waals surface area contributed by atoms with Crippen molar-refractivity contribution in [1.29, 1.82) is 0 Å². The quantitative estimate of drug-likeness (QED) is 0.845. The maximum Gasteiger partial charge on any atom is 0.257 e. The molecule has 1 rings (SSSR count). The normalized spacial score (nSPS) is 9.73. The van der Waals surface area contributed by atoms with Gasteiger partial charge in [0.25, 0.3) is 5.91 Å². The third-order valence-corrected chi connectivity index (χ3v) is 2.66. The summed E-state index contributed by atoms with van der Waals surface area (Å²) in [7, 11) is 0. The molecule has 1 aromatic rings. The van der Waals surface area contributed by atoms with Crippen molar-refractivity contribution in [3.05, 3.63) is 27.8 Å². The van der Waals surface area contributed by atoms with Crippen LogP contribution in [-0.2, 0) is 4.79 Å². The summed E-state index contributed by atoms with van der Waals surface area (Å²) in [6, 6.07) is 7.63. The number of carbonyl (C=O) groups excluding carboxylic acids is 1. The lowest BCUT2D eigenvalue weighted by atomic mass is 10.3. The van der Waals surface area contributed by atoms with E-state index in [-0.39, 0.29) is 12.5 Å². The molecule has 1 amide bonds. The summed E-state index contributed by atoms with van der Waals surface area (Å²) in [5.74, 6) is 0.682. The fourth-order valence-corrected chi connectivity index (χ4v) is 1.56. The number of para-hydroxylation sites is 1. The molecule has 0 aliphatic rings. The van der Waals surface area contributed by atoms with Crippen LogP contribution >= 0.6 is 22.6 Å². The Morgan fingerprint density at radius 2 is 2.20 bits per heavy atom. The first-order chi connectivity index (χ1) is 7.24. The maximum atomic E-state index is 11.2. The zero-order chi connectivity index (χ0) is 11.1. The van der Waals surface area contributed by atoms with E-state index in [1.807, 2.05) is 31.2 Å². The molecular weight excluding hydrogens is 305 g/mol. The third kappa shape index (κ3) is 4.51. The van der Waals surface area contributed by atoms with Gasteiger partial charge in [-0.3, -0.25) is 4.79 Å². The van der Waals surface area contributed by atoms with E-state index < -0.39 is 0 Å². The number of halogens is 1. The number of carbonyl (C=O) groups is 1. The monoisotopic (exact) mass is 319 g/mol. The fourth-order valence-electron chi connectivity index (χ4n) is 1.02. The van der Waals surface area contributed by atoms with E-state index in [1.54, 1.807) is 0 Å². The van der Waals surface area contributed by atoms with Gasteiger partial charge >= 0.3 is 0 Å². The molecule has 0 atom stereocenters. The van der Waals surface area contributed by atoms with Gasteiger partial charge in [-0.1, -0.05) is 19.1 Å². The number of rotatable bonds is 5. The lowest BCUT2D eigenvalue weighted by Crippen LogP contribution is -2.29. The van der Waals surface area contributed by atoms with Crippen LogP contribution in [0.3, 0.4) is 0 Å². The van der Waals surface area contributed by atoms with Gasteiger partial charge in [-0.15, -0.1) is 0 Å². The number of hydrogen-bond acceptors (Lipinski definition) is 2. The number of amides is 1. The van der Waals surface area contributed by atoms with E-state index in [4.69, 9.17) is 4.74 Å². The van der Waals surface area contributed by atoms with Crippen molar-refractivity contribution >= 4 is 28.5 Å². The Balaban J connectivity index is 2.37. The lowest BCUT2D eigenvalue weighted by Gasteiger charge is -2.07. The Kier molecular flexibility index (Phi) is 5.45. The molecule has 1 aromatic carbocycles. The van der Waals surface area contributed by atoms with E-state index in [0.717, 1.165) is 15.7 Å². The van der Waals surface area contributed by atoms with Crippen molar-refractivity contribution in [1.82, 2.24) is 5.32 Å². The van der Waals surface area contributed by atoms with E-state index in [1.165, 1.54) is 0 Å². The molecule has 4 heteroatoms. The Morgan fingerprint density at radius 3 is 2.87 bits per heavy atom. The van der Waals surface area contributed by atoms with E-state index in [2.05, 4.69) is 27.9 Å². The molecular formula is C11H14INO2. The second-order valence-electron chi connectivity index (χ2n) is 3.07. The highest BCUT2D eigenvalue weighted by Crippen LogP contribution is 2.19. The van der Waals surface area contributed by atoms with Crippen LogP contribution in [0, 0.1) is 3.57 Å². The average molecular weight is 319 g/mol. The minimum Gasteiger partial charge on any atom is -0.483 e. The summed E-state index contributed by atoms with van der Waals surface area (Å²) in [5, 5.41) is 2.76. The molecule has 0 saturated heterocycles. The Hall–Kier alpha value is -0.780. The van der Waals surface area contributed by atoms with Crippen LogP contribution in [-0.4, -0.2) is 19.1 Å². The van der Waals surface area contributed by atoms with Gasteiger partial charge in [0.2, 0.25) is 0 Å². The molecule has 0 bridgehead atoms. The van der Waals surface area contributed by atoms with Crippen LogP contribution in [0.5, 0.6) is 5.75 Å². The van der Waals surface area contributed by atoms with Crippen molar-refractivity contribution in [3.8, 4) is 5.75 Å². The number of benzene rings is 1. The van der Waals surface area contributed by atoms with Crippen LogP contribution < -0.4 is 10.1 Å². The van der Waals surface area contributed by atoms with Gasteiger partial charge < -0.3 is 10.1 Å². The van der Waals surface area contributed by atoms with Gasteiger partial charge in [0, 0.05) is 6.54 Å². The summed E-state index contributed by atoms with van der Waals surface area (Å²) in [4.78, 5) is 11.2. The van der Waals surface area contributed by atoms with Crippen LogP contribution in [0.15, 0.2) is 24.3 Å². The van der Waals surface area contributed by atoms with Crippen LogP contribution in [0.1, 0.15) is 13.3 Å². The third-order valence-electron chi connectivity index (χ3n) is 1.77. The molecule has 82 valence electrons.